The lowest BCUT2D eigenvalue weighted by atomic mass is 10.1. The van der Waals surface area contributed by atoms with Gasteiger partial charge >= 0.3 is 0 Å². The van der Waals surface area contributed by atoms with Gasteiger partial charge in [-0.25, -0.2) is 4.98 Å². The van der Waals surface area contributed by atoms with Crippen LogP contribution in [0.25, 0.3) is 10.9 Å². The first kappa shape index (κ1) is 11.8. The molecular weight excluding hydrogens is 212 g/mol. The van der Waals surface area contributed by atoms with Gasteiger partial charge in [0.25, 0.3) is 5.56 Å². The van der Waals surface area contributed by atoms with Crippen LogP contribution in [0, 0.1) is 13.8 Å². The second-order valence-electron chi connectivity index (χ2n) is 5.49. The Labute approximate surface area is 101 Å². The van der Waals surface area contributed by atoms with Crippen LogP contribution in [-0.2, 0) is 5.54 Å². The summed E-state index contributed by atoms with van der Waals surface area (Å²) >= 11 is 0. The van der Waals surface area contributed by atoms with Crippen LogP contribution < -0.4 is 5.56 Å². The third-order valence-corrected chi connectivity index (χ3v) is 2.86. The van der Waals surface area contributed by atoms with Gasteiger partial charge in [-0.3, -0.25) is 9.36 Å². The zero-order valence-corrected chi connectivity index (χ0v) is 11.0. The first-order valence-electron chi connectivity index (χ1n) is 5.81. The molecule has 90 valence electrons. The van der Waals surface area contributed by atoms with E-state index < -0.39 is 0 Å². The van der Waals surface area contributed by atoms with Crippen LogP contribution in [0.1, 0.15) is 32.2 Å². The number of fused-ring (bicyclic) bond motifs is 1. The maximum absolute atomic E-state index is 12.5. The minimum absolute atomic E-state index is 0.0451. The molecule has 0 amide bonds. The smallest absolute Gasteiger partial charge is 0.261 e. The number of aromatic nitrogens is 2. The minimum atomic E-state index is -0.244. The SMILES string of the molecule is Cc1ccc2nc(C)n(C(C)(C)C)c(=O)c2c1. The van der Waals surface area contributed by atoms with Crippen molar-refractivity contribution in [1.82, 2.24) is 9.55 Å². The van der Waals surface area contributed by atoms with Gasteiger partial charge in [-0.05, 0) is 46.8 Å². The molecule has 0 aliphatic heterocycles. The highest BCUT2D eigenvalue weighted by Gasteiger charge is 2.19. The van der Waals surface area contributed by atoms with Gasteiger partial charge in [0, 0.05) is 5.54 Å². The molecule has 2 aromatic rings. The molecule has 0 saturated carbocycles. The highest BCUT2D eigenvalue weighted by atomic mass is 16.1. The Kier molecular flexibility index (Phi) is 2.57. The Balaban J connectivity index is 2.93. The summed E-state index contributed by atoms with van der Waals surface area (Å²) in [6, 6.07) is 5.80. The molecule has 3 heteroatoms. The molecule has 1 aromatic heterocycles. The van der Waals surface area contributed by atoms with Crippen LogP contribution in [0.3, 0.4) is 0 Å². The topological polar surface area (TPSA) is 34.9 Å². The van der Waals surface area contributed by atoms with Gasteiger partial charge in [0.2, 0.25) is 0 Å². The van der Waals surface area contributed by atoms with Crippen LogP contribution in [0.5, 0.6) is 0 Å². The number of benzene rings is 1. The molecular formula is C14H18N2O. The second kappa shape index (κ2) is 3.69. The zero-order chi connectivity index (χ0) is 12.8. The third kappa shape index (κ3) is 1.97. The summed E-state index contributed by atoms with van der Waals surface area (Å²) in [6.45, 7) is 9.92. The Hall–Kier alpha value is -1.64. The molecule has 0 bridgehead atoms. The van der Waals surface area contributed by atoms with Crippen molar-refractivity contribution in [3.63, 3.8) is 0 Å². The number of rotatable bonds is 0. The van der Waals surface area contributed by atoms with Gasteiger partial charge in [0.15, 0.2) is 0 Å². The molecule has 0 aliphatic carbocycles. The molecule has 3 nitrogen and oxygen atoms in total. The molecule has 0 fully saturated rings. The quantitative estimate of drug-likeness (QED) is 0.697. The summed E-state index contributed by atoms with van der Waals surface area (Å²) < 4.78 is 1.76. The molecule has 0 saturated heterocycles. The summed E-state index contributed by atoms with van der Waals surface area (Å²) in [7, 11) is 0. The largest absolute Gasteiger partial charge is 0.291 e. The van der Waals surface area contributed by atoms with E-state index in [0.29, 0.717) is 5.39 Å². The van der Waals surface area contributed by atoms with Crippen molar-refractivity contribution < 1.29 is 0 Å². The molecule has 0 unspecified atom stereocenters. The molecule has 0 atom stereocenters. The van der Waals surface area contributed by atoms with Crippen LogP contribution in [0.15, 0.2) is 23.0 Å². The molecule has 1 heterocycles. The van der Waals surface area contributed by atoms with E-state index >= 15 is 0 Å². The van der Waals surface area contributed by atoms with E-state index in [9.17, 15) is 4.79 Å². The maximum atomic E-state index is 12.5. The van der Waals surface area contributed by atoms with E-state index in [4.69, 9.17) is 0 Å². The van der Waals surface area contributed by atoms with Crippen molar-refractivity contribution in [3.8, 4) is 0 Å². The Morgan fingerprint density at radius 1 is 1.18 bits per heavy atom. The van der Waals surface area contributed by atoms with Crippen LogP contribution in [0.4, 0.5) is 0 Å². The summed E-state index contributed by atoms with van der Waals surface area (Å²) in [6.07, 6.45) is 0. The monoisotopic (exact) mass is 230 g/mol. The summed E-state index contributed by atoms with van der Waals surface area (Å²) in [5.74, 6) is 0.763. The van der Waals surface area contributed by atoms with E-state index in [1.807, 2.05) is 52.8 Å². The number of hydrogen-bond donors (Lipinski definition) is 0. The van der Waals surface area contributed by atoms with Gasteiger partial charge in [0.1, 0.15) is 5.82 Å². The lowest BCUT2D eigenvalue weighted by Crippen LogP contribution is -2.36. The van der Waals surface area contributed by atoms with Gasteiger partial charge in [-0.15, -0.1) is 0 Å². The van der Waals surface area contributed by atoms with E-state index in [1.54, 1.807) is 4.57 Å². The van der Waals surface area contributed by atoms with Crippen molar-refractivity contribution in [2.75, 3.05) is 0 Å². The molecule has 0 aliphatic rings. The highest BCUT2D eigenvalue weighted by Crippen LogP contribution is 2.16. The summed E-state index contributed by atoms with van der Waals surface area (Å²) in [4.78, 5) is 17.0. The Morgan fingerprint density at radius 2 is 1.82 bits per heavy atom. The first-order valence-corrected chi connectivity index (χ1v) is 5.81. The zero-order valence-electron chi connectivity index (χ0n) is 11.0. The van der Waals surface area contributed by atoms with E-state index in [2.05, 4.69) is 4.98 Å². The van der Waals surface area contributed by atoms with Gasteiger partial charge in [-0.2, -0.15) is 0 Å². The molecule has 0 spiro atoms. The van der Waals surface area contributed by atoms with Crippen molar-refractivity contribution in [1.29, 1.82) is 0 Å². The fraction of sp³-hybridized carbons (Fsp3) is 0.429. The highest BCUT2D eigenvalue weighted by molar-refractivity contribution is 5.78. The summed E-state index contributed by atoms with van der Waals surface area (Å²) in [5.41, 5.74) is 1.66. The van der Waals surface area contributed by atoms with Crippen LogP contribution in [-0.4, -0.2) is 9.55 Å². The molecule has 2 rings (SSSR count). The Bertz CT molecular complexity index is 633. The fourth-order valence-corrected chi connectivity index (χ4v) is 2.20. The number of nitrogens with zero attached hydrogens (tertiary/aromatic N) is 2. The van der Waals surface area contributed by atoms with Crippen LogP contribution in [0.2, 0.25) is 0 Å². The molecule has 0 N–H and O–H groups in total. The van der Waals surface area contributed by atoms with Crippen LogP contribution >= 0.6 is 0 Å². The first-order chi connectivity index (χ1) is 7.80. The van der Waals surface area contributed by atoms with Crippen molar-refractivity contribution >= 4 is 10.9 Å². The van der Waals surface area contributed by atoms with E-state index in [0.717, 1.165) is 16.9 Å². The molecule has 0 radical (unpaired) electrons. The molecule has 17 heavy (non-hydrogen) atoms. The summed E-state index contributed by atoms with van der Waals surface area (Å²) in [5, 5.41) is 0.700. The van der Waals surface area contributed by atoms with Crippen molar-refractivity contribution in [3.05, 3.63) is 39.9 Å². The lowest BCUT2D eigenvalue weighted by molar-refractivity contribution is 0.372. The van der Waals surface area contributed by atoms with E-state index in [-0.39, 0.29) is 11.1 Å². The minimum Gasteiger partial charge on any atom is -0.291 e. The second-order valence-corrected chi connectivity index (χ2v) is 5.49. The number of hydrogen-bond acceptors (Lipinski definition) is 2. The third-order valence-electron chi connectivity index (χ3n) is 2.86. The van der Waals surface area contributed by atoms with Gasteiger partial charge in [0.05, 0.1) is 10.9 Å². The standard InChI is InChI=1S/C14H18N2O/c1-9-6-7-12-11(8-9)13(17)16(10(2)15-12)14(3,4)5/h6-8H,1-5H3. The number of aryl methyl sites for hydroxylation is 2. The predicted molar refractivity (Wildman–Crippen MR) is 70.5 cm³/mol. The fourth-order valence-electron chi connectivity index (χ4n) is 2.20. The molecule has 1 aromatic carbocycles. The average molecular weight is 230 g/mol. The normalized spacial score (nSPS) is 12.1. The average Bonchev–Trinajstić information content (AvgIpc) is 2.17. The Morgan fingerprint density at radius 3 is 2.41 bits per heavy atom. The van der Waals surface area contributed by atoms with Crippen molar-refractivity contribution in [2.24, 2.45) is 0 Å². The maximum Gasteiger partial charge on any atom is 0.261 e. The van der Waals surface area contributed by atoms with Crippen molar-refractivity contribution in [2.45, 2.75) is 40.2 Å². The lowest BCUT2D eigenvalue weighted by Gasteiger charge is -2.24. The van der Waals surface area contributed by atoms with Gasteiger partial charge in [-0.1, -0.05) is 11.6 Å². The van der Waals surface area contributed by atoms with Gasteiger partial charge < -0.3 is 0 Å². The predicted octanol–water partition coefficient (Wildman–Crippen LogP) is 2.77. The van der Waals surface area contributed by atoms with E-state index in [1.165, 1.54) is 0 Å².